The van der Waals surface area contributed by atoms with Crippen molar-refractivity contribution in [2.75, 3.05) is 17.8 Å². The van der Waals surface area contributed by atoms with Crippen molar-refractivity contribution in [2.24, 2.45) is 0 Å². The molecule has 348 valence electrons. The van der Waals surface area contributed by atoms with Gasteiger partial charge in [-0.25, -0.2) is 37.5 Å². The molecule has 9 rings (SSSR count). The van der Waals surface area contributed by atoms with Crippen LogP contribution in [0.25, 0.3) is 11.0 Å². The summed E-state index contributed by atoms with van der Waals surface area (Å²) < 4.78 is 61.4. The highest BCUT2D eigenvalue weighted by molar-refractivity contribution is 7.98. The predicted molar refractivity (Wildman–Crippen MR) is 255 cm³/mol. The second-order valence-corrected chi connectivity index (χ2v) is 16.0. The first kappa shape index (κ1) is 49.9. The lowest BCUT2D eigenvalue weighted by Crippen LogP contribution is -2.15. The number of carbonyl (C=O) groups excluding carboxylic acids is 3. The van der Waals surface area contributed by atoms with E-state index in [0.29, 0.717) is 27.8 Å². The second-order valence-electron chi connectivity index (χ2n) is 14.0. The molecular formula is C48H40ClF4N9O4S2. The fourth-order valence-electron chi connectivity index (χ4n) is 6.01. The molecule has 0 aliphatic heterocycles. The highest BCUT2D eigenvalue weighted by Crippen LogP contribution is 2.31. The molecule has 0 saturated heterocycles. The number of H-pyrrole nitrogens is 2. The van der Waals surface area contributed by atoms with Crippen LogP contribution in [0.1, 0.15) is 26.3 Å². The van der Waals surface area contributed by atoms with E-state index in [-0.39, 0.29) is 60.2 Å². The molecule has 68 heavy (non-hydrogen) atoms. The summed E-state index contributed by atoms with van der Waals surface area (Å²) in [5.74, 6) is -1.15. The number of benzene rings is 4. The zero-order valence-corrected chi connectivity index (χ0v) is 38.5. The molecule has 20 heteroatoms. The molecule has 0 radical (unpaired) electrons. The molecular weight excluding hydrogens is 942 g/mol. The minimum absolute atomic E-state index is 0.0463. The molecule has 9 aromatic rings. The number of aromatic nitrogens is 8. The van der Waals surface area contributed by atoms with Crippen molar-refractivity contribution in [3.63, 3.8) is 0 Å². The molecule has 0 unspecified atom stereocenters. The number of imidazole rings is 3. The van der Waals surface area contributed by atoms with Crippen LogP contribution in [0.4, 0.5) is 29.2 Å². The maximum atomic E-state index is 14.8. The molecule has 5 aromatic heterocycles. The largest absolute Gasteiger partial charge is 0.453 e. The normalized spacial score (nSPS) is 10.5. The summed E-state index contributed by atoms with van der Waals surface area (Å²) in [6.45, 7) is 0. The maximum absolute atomic E-state index is 14.8. The van der Waals surface area contributed by atoms with Crippen LogP contribution in [-0.4, -0.2) is 68.6 Å². The lowest BCUT2D eigenvalue weighted by Gasteiger charge is -2.11. The van der Waals surface area contributed by atoms with Crippen molar-refractivity contribution in [1.82, 2.24) is 39.0 Å². The Bertz CT molecular complexity index is 3040. The molecule has 0 atom stereocenters. The van der Waals surface area contributed by atoms with Gasteiger partial charge in [-0.05, 0) is 101 Å². The molecule has 5 heterocycles. The number of pyridine rings is 1. The Morgan fingerprint density at radius 3 is 1.75 bits per heavy atom. The number of hydrogen-bond acceptors (Lipinski definition) is 11. The van der Waals surface area contributed by atoms with Gasteiger partial charge in [0.25, 0.3) is 0 Å². The highest BCUT2D eigenvalue weighted by atomic mass is 35.5. The Morgan fingerprint density at radius 2 is 1.21 bits per heavy atom. The Morgan fingerprint density at radius 1 is 0.618 bits per heavy atom. The second kappa shape index (κ2) is 24.9. The van der Waals surface area contributed by atoms with Crippen LogP contribution in [-0.2, 0) is 24.1 Å². The highest BCUT2D eigenvalue weighted by Gasteiger charge is 2.15. The van der Waals surface area contributed by atoms with Crippen LogP contribution >= 0.6 is 35.1 Å². The molecule has 0 aliphatic rings. The molecule has 0 fully saturated rings. The average molecular weight is 982 g/mol. The average Bonchev–Trinajstić information content (AvgIpc) is 4.19. The molecule has 0 saturated carbocycles. The third-order valence-corrected chi connectivity index (χ3v) is 10.7. The Balaban J connectivity index is 0.000000179. The van der Waals surface area contributed by atoms with Gasteiger partial charge in [-0.1, -0.05) is 59.9 Å². The van der Waals surface area contributed by atoms with Crippen LogP contribution in [0.5, 0.6) is 11.5 Å². The summed E-state index contributed by atoms with van der Waals surface area (Å²) in [5.41, 5.74) is 3.22. The molecule has 0 spiro atoms. The van der Waals surface area contributed by atoms with E-state index in [1.165, 1.54) is 94.0 Å². The molecule has 0 aliphatic carbocycles. The predicted octanol–water partition coefficient (Wildman–Crippen LogP) is 11.3. The van der Waals surface area contributed by atoms with Crippen molar-refractivity contribution < 1.29 is 36.7 Å². The van der Waals surface area contributed by atoms with Gasteiger partial charge in [0.1, 0.15) is 28.8 Å². The first-order valence-electron chi connectivity index (χ1n) is 20.2. The summed E-state index contributed by atoms with van der Waals surface area (Å²) >= 11 is 8.14. The number of thioether (sulfide) groups is 2. The quantitative estimate of drug-likeness (QED) is 0.0606. The van der Waals surface area contributed by atoms with Gasteiger partial charge >= 0.3 is 0 Å². The van der Waals surface area contributed by atoms with Crippen molar-refractivity contribution in [3.05, 3.63) is 193 Å². The van der Waals surface area contributed by atoms with E-state index < -0.39 is 11.1 Å². The standard InChI is InChI=1S/C24H17F2N5O2.C12H11FN2OS.C8H6ClFO.C4H6N2S/c25-16-3-1-15(2-4-16)13-22(32)31-12-11-29-24(31)30-17-5-6-21(19(26)14-17)33-20-8-10-28-23-18(20)7-9-27-23;1-17-12-14-6-7-15(12)11(16)8-9-2-4-10(13)5-3-9;9-8(11)5-6-1-3-7(10)4-2-6;1-7-4-5-2-3-6-4/h1-12,14H,13H2,(H,27,28)(H,29,30);2-7H,8H2,1H3;1-4H,5H2;2-3H,1H3,(H,5,6). The van der Waals surface area contributed by atoms with Gasteiger partial charge in [0.15, 0.2) is 21.9 Å². The molecule has 3 N–H and O–H groups in total. The van der Waals surface area contributed by atoms with Crippen molar-refractivity contribution in [3.8, 4) is 11.5 Å². The molecule has 4 aromatic carbocycles. The topological polar surface area (TPSA) is 165 Å². The third kappa shape index (κ3) is 14.8. The Labute approximate surface area is 400 Å². The van der Waals surface area contributed by atoms with Gasteiger partial charge in [0.2, 0.25) is 23.0 Å². The zero-order valence-electron chi connectivity index (χ0n) is 36.1. The van der Waals surface area contributed by atoms with E-state index in [0.717, 1.165) is 21.7 Å². The number of ether oxygens (including phenoxy) is 1. The van der Waals surface area contributed by atoms with Crippen molar-refractivity contribution in [1.29, 1.82) is 0 Å². The summed E-state index contributed by atoms with van der Waals surface area (Å²) in [5, 5.41) is 4.89. The van der Waals surface area contributed by atoms with Crippen molar-refractivity contribution in [2.45, 2.75) is 29.6 Å². The van der Waals surface area contributed by atoms with Crippen molar-refractivity contribution >= 4 is 74.9 Å². The van der Waals surface area contributed by atoms with Crippen LogP contribution < -0.4 is 10.1 Å². The SMILES string of the molecule is CSc1ncc[nH]1.CSc1nccn1C(=O)Cc1ccc(F)cc1.O=C(Cc1ccc(F)cc1)n1ccnc1Nc1ccc(Oc2ccnc3[nH]ccc23)c(F)c1.O=C(Cl)Cc1ccc(F)cc1. The molecule has 0 amide bonds. The van der Waals surface area contributed by atoms with E-state index in [4.69, 9.17) is 16.3 Å². The summed E-state index contributed by atoms with van der Waals surface area (Å²) in [7, 11) is 0. The van der Waals surface area contributed by atoms with E-state index in [2.05, 4.69) is 35.2 Å². The number of nitrogens with zero attached hydrogens (tertiary/aromatic N) is 6. The van der Waals surface area contributed by atoms with E-state index in [1.54, 1.807) is 85.2 Å². The first-order chi connectivity index (χ1) is 32.9. The number of halogens is 5. The molecule has 13 nitrogen and oxygen atoms in total. The lowest BCUT2D eigenvalue weighted by atomic mass is 10.1. The number of carbonyl (C=O) groups is 3. The first-order valence-corrected chi connectivity index (χ1v) is 23.0. The van der Waals surface area contributed by atoms with Gasteiger partial charge < -0.3 is 20.0 Å². The number of anilines is 2. The fourth-order valence-corrected chi connectivity index (χ4v) is 7.04. The fraction of sp³-hybridized carbons (Fsp3) is 0.104. The Hall–Kier alpha value is -7.48. The zero-order chi connectivity index (χ0) is 48.4. The van der Waals surface area contributed by atoms with Gasteiger partial charge in [0.05, 0.1) is 18.2 Å². The molecule has 0 bridgehead atoms. The maximum Gasteiger partial charge on any atom is 0.237 e. The van der Waals surface area contributed by atoms with Gasteiger partial charge in [-0.3, -0.25) is 23.5 Å². The van der Waals surface area contributed by atoms with Crippen LogP contribution in [0.15, 0.2) is 163 Å². The summed E-state index contributed by atoms with van der Waals surface area (Å²) in [6.07, 6.45) is 17.4. The van der Waals surface area contributed by atoms with Crippen LogP contribution in [0.2, 0.25) is 0 Å². The van der Waals surface area contributed by atoms with Crippen LogP contribution in [0, 0.1) is 23.3 Å². The van der Waals surface area contributed by atoms with E-state index in [9.17, 15) is 31.9 Å². The lowest BCUT2D eigenvalue weighted by molar-refractivity contribution is -0.111. The smallest absolute Gasteiger partial charge is 0.237 e. The minimum atomic E-state index is -0.587. The van der Waals surface area contributed by atoms with Gasteiger partial charge in [-0.15, -0.1) is 0 Å². The number of rotatable bonds is 12. The third-order valence-electron chi connectivity index (χ3n) is 9.26. The Kier molecular flexibility index (Phi) is 18.3. The van der Waals surface area contributed by atoms with E-state index >= 15 is 0 Å². The van der Waals surface area contributed by atoms with Crippen LogP contribution in [0.3, 0.4) is 0 Å². The number of nitrogens with one attached hydrogen (secondary N) is 3. The minimum Gasteiger partial charge on any atom is -0.453 e. The van der Waals surface area contributed by atoms with Gasteiger partial charge in [-0.2, -0.15) is 0 Å². The summed E-state index contributed by atoms with van der Waals surface area (Å²) in [6, 6.07) is 25.1. The summed E-state index contributed by atoms with van der Waals surface area (Å²) in [4.78, 5) is 57.2. The number of fused-ring (bicyclic) bond motifs is 1. The van der Waals surface area contributed by atoms with Gasteiger partial charge in [0, 0.05) is 67.7 Å². The monoisotopic (exact) mass is 981 g/mol. The number of hydrogen-bond donors (Lipinski definition) is 3. The van der Waals surface area contributed by atoms with E-state index in [1.807, 2.05) is 18.7 Å². The number of aromatic amines is 2.